The third kappa shape index (κ3) is 2.68. The Morgan fingerprint density at radius 2 is 1.82 bits per heavy atom. The maximum absolute atomic E-state index is 13.4. The smallest absolute Gasteiger partial charge is 0.228 e. The van der Waals surface area contributed by atoms with E-state index in [0.29, 0.717) is 22.4 Å². The van der Waals surface area contributed by atoms with Crippen LogP contribution in [-0.4, -0.2) is 46.2 Å². The van der Waals surface area contributed by atoms with Crippen LogP contribution in [0.25, 0.3) is 0 Å². The van der Waals surface area contributed by atoms with Crippen LogP contribution >= 0.6 is 0 Å². The molecule has 0 saturated heterocycles. The third-order valence-corrected chi connectivity index (χ3v) is 6.93. The van der Waals surface area contributed by atoms with Crippen LogP contribution in [0.5, 0.6) is 5.75 Å². The molecule has 1 aliphatic heterocycles. The quantitative estimate of drug-likeness (QED) is 0.646. The summed E-state index contributed by atoms with van der Waals surface area (Å²) in [5, 5.41) is 33.4. The third-order valence-electron chi connectivity index (χ3n) is 6.93. The van der Waals surface area contributed by atoms with E-state index in [2.05, 4.69) is 11.1 Å². The van der Waals surface area contributed by atoms with E-state index >= 15 is 0 Å². The average Bonchev–Trinajstić information content (AvgIpc) is 3.22. The Morgan fingerprint density at radius 1 is 1.12 bits per heavy atom. The number of ether oxygens (including phenoxy) is 1. The van der Waals surface area contributed by atoms with Gasteiger partial charge in [-0.3, -0.25) is 9.78 Å². The van der Waals surface area contributed by atoms with Crippen molar-refractivity contribution in [1.82, 2.24) is 9.88 Å². The summed E-state index contributed by atoms with van der Waals surface area (Å²) in [7, 11) is 3.25. The normalized spacial score (nSPS) is 29.5. The molecule has 0 spiro atoms. The van der Waals surface area contributed by atoms with E-state index in [1.807, 2.05) is 30.3 Å². The van der Waals surface area contributed by atoms with E-state index in [1.54, 1.807) is 44.4 Å². The Balaban J connectivity index is 1.86. The fourth-order valence-electron chi connectivity index (χ4n) is 5.53. The molecule has 0 radical (unpaired) electrons. The van der Waals surface area contributed by atoms with Gasteiger partial charge in [-0.2, -0.15) is 5.26 Å². The molecule has 7 heteroatoms. The monoisotopic (exact) mass is 441 g/mol. The molecule has 2 heterocycles. The number of pyridine rings is 1. The Kier molecular flexibility index (Phi) is 4.74. The second-order valence-corrected chi connectivity index (χ2v) is 8.76. The molecule has 2 N–H and O–H groups in total. The van der Waals surface area contributed by atoms with E-state index in [9.17, 15) is 20.3 Å². The molecule has 166 valence electrons. The van der Waals surface area contributed by atoms with Gasteiger partial charge in [0.05, 0.1) is 23.7 Å². The summed E-state index contributed by atoms with van der Waals surface area (Å²) in [4.78, 5) is 19.0. The Bertz CT molecular complexity index is 1250. The number of hydrogen-bond donors (Lipinski definition) is 2. The van der Waals surface area contributed by atoms with Crippen molar-refractivity contribution in [3.8, 4) is 11.8 Å². The Morgan fingerprint density at radius 3 is 2.45 bits per heavy atom. The second kappa shape index (κ2) is 7.41. The summed E-state index contributed by atoms with van der Waals surface area (Å²) < 4.78 is 6.55. The summed E-state index contributed by atoms with van der Waals surface area (Å²) in [6.45, 7) is 0. The van der Waals surface area contributed by atoms with Crippen molar-refractivity contribution in [1.29, 1.82) is 5.26 Å². The van der Waals surface area contributed by atoms with Crippen molar-refractivity contribution in [2.75, 3.05) is 14.1 Å². The van der Waals surface area contributed by atoms with Crippen molar-refractivity contribution >= 4 is 5.91 Å². The number of aliphatic hydroxyl groups is 2. The lowest BCUT2D eigenvalue weighted by Gasteiger charge is -2.40. The number of carbonyl (C=O) groups excluding carboxylic acids is 1. The van der Waals surface area contributed by atoms with Gasteiger partial charge < -0.3 is 19.8 Å². The van der Waals surface area contributed by atoms with Crippen LogP contribution in [-0.2, 0) is 16.0 Å². The molecule has 33 heavy (non-hydrogen) atoms. The molecular weight excluding hydrogens is 418 g/mol. The molecule has 5 rings (SSSR count). The lowest BCUT2D eigenvalue weighted by molar-refractivity contribution is -0.155. The standard InChI is InChI=1S/C26H23N3O4/c1-29(2)24(31)21-22(17-6-4-3-5-7-17)26(18-10-8-16(14-27)9-11-18)25(32,23(21)30)19-12-13-28-15-20(19)33-26/h3-13,15,21-23,30,32H,1-2H3/t21-,22-,23-,25+,26+/m1/s1. The minimum atomic E-state index is -1.93. The molecule has 1 aromatic heterocycles. The van der Waals surface area contributed by atoms with Gasteiger partial charge in [0.15, 0.2) is 11.2 Å². The van der Waals surface area contributed by atoms with Crippen LogP contribution in [0.1, 0.15) is 28.2 Å². The summed E-state index contributed by atoms with van der Waals surface area (Å²) in [5.41, 5.74) is -1.32. The zero-order valence-corrected chi connectivity index (χ0v) is 18.2. The molecule has 2 aliphatic rings. The fourth-order valence-corrected chi connectivity index (χ4v) is 5.53. The first-order chi connectivity index (χ1) is 15.9. The zero-order valence-electron chi connectivity index (χ0n) is 18.2. The van der Waals surface area contributed by atoms with Gasteiger partial charge in [0.1, 0.15) is 11.9 Å². The van der Waals surface area contributed by atoms with Gasteiger partial charge >= 0.3 is 0 Å². The second-order valence-electron chi connectivity index (χ2n) is 8.76. The first kappa shape index (κ1) is 21.1. The van der Waals surface area contributed by atoms with Crippen molar-refractivity contribution in [3.63, 3.8) is 0 Å². The molecule has 1 aliphatic carbocycles. The molecule has 2 aromatic carbocycles. The summed E-state index contributed by atoms with van der Waals surface area (Å²) in [6.07, 6.45) is 1.58. The van der Waals surface area contributed by atoms with Crippen LogP contribution < -0.4 is 4.74 Å². The summed E-state index contributed by atoms with van der Waals surface area (Å²) in [6, 6.07) is 19.8. The number of aliphatic hydroxyl groups excluding tert-OH is 1. The molecule has 0 bridgehead atoms. The van der Waals surface area contributed by atoms with Gasteiger partial charge in [0, 0.05) is 31.8 Å². The van der Waals surface area contributed by atoms with Gasteiger partial charge in [-0.25, -0.2) is 0 Å². The highest BCUT2D eigenvalue weighted by atomic mass is 16.5. The minimum Gasteiger partial charge on any atom is -0.476 e. The van der Waals surface area contributed by atoms with Gasteiger partial charge in [0.2, 0.25) is 5.91 Å². The molecule has 3 aromatic rings. The SMILES string of the molecule is CN(C)C(=O)[C@H]1[C@@H](O)[C@@]2(O)c3ccncc3O[C@@]2(c2ccc(C#N)cc2)[C@@H]1c1ccccc1. The number of nitriles is 1. The first-order valence-electron chi connectivity index (χ1n) is 10.7. The summed E-state index contributed by atoms with van der Waals surface area (Å²) in [5.74, 6) is -1.68. The summed E-state index contributed by atoms with van der Waals surface area (Å²) >= 11 is 0. The maximum atomic E-state index is 13.4. The van der Waals surface area contributed by atoms with Gasteiger partial charge in [0.25, 0.3) is 0 Å². The molecule has 5 atom stereocenters. The lowest BCUT2D eigenvalue weighted by Crippen LogP contribution is -2.52. The van der Waals surface area contributed by atoms with Crippen molar-refractivity contribution in [3.05, 3.63) is 95.3 Å². The van der Waals surface area contributed by atoms with Gasteiger partial charge in [-0.05, 0) is 29.3 Å². The van der Waals surface area contributed by atoms with E-state index in [4.69, 9.17) is 4.74 Å². The maximum Gasteiger partial charge on any atom is 0.228 e. The molecule has 1 saturated carbocycles. The van der Waals surface area contributed by atoms with Crippen LogP contribution in [0.3, 0.4) is 0 Å². The lowest BCUT2D eigenvalue weighted by atomic mass is 9.70. The van der Waals surface area contributed by atoms with Gasteiger partial charge in [-0.1, -0.05) is 42.5 Å². The largest absolute Gasteiger partial charge is 0.476 e. The highest BCUT2D eigenvalue weighted by Crippen LogP contribution is 2.68. The minimum absolute atomic E-state index is 0.314. The molecular formula is C26H23N3O4. The van der Waals surface area contributed by atoms with E-state index in [-0.39, 0.29) is 5.91 Å². The predicted octanol–water partition coefficient (Wildman–Crippen LogP) is 2.29. The van der Waals surface area contributed by atoms with E-state index in [1.165, 1.54) is 17.3 Å². The van der Waals surface area contributed by atoms with Crippen molar-refractivity contribution in [2.45, 2.75) is 23.2 Å². The average molecular weight is 441 g/mol. The Labute approximate surface area is 191 Å². The van der Waals surface area contributed by atoms with Crippen LogP contribution in [0.15, 0.2) is 73.1 Å². The number of hydrogen-bond acceptors (Lipinski definition) is 6. The topological polar surface area (TPSA) is 107 Å². The number of rotatable bonds is 3. The first-order valence-corrected chi connectivity index (χ1v) is 10.7. The number of amides is 1. The van der Waals surface area contributed by atoms with Crippen LogP contribution in [0.4, 0.5) is 0 Å². The van der Waals surface area contributed by atoms with Gasteiger partial charge in [-0.15, -0.1) is 0 Å². The van der Waals surface area contributed by atoms with E-state index < -0.39 is 29.1 Å². The molecule has 7 nitrogen and oxygen atoms in total. The Hall–Kier alpha value is -3.73. The van der Waals surface area contributed by atoms with Crippen molar-refractivity contribution < 1.29 is 19.7 Å². The van der Waals surface area contributed by atoms with Crippen LogP contribution in [0, 0.1) is 17.2 Å². The van der Waals surface area contributed by atoms with E-state index in [0.717, 1.165) is 5.56 Å². The zero-order chi connectivity index (χ0) is 23.4. The number of carbonyl (C=O) groups is 1. The molecule has 1 fully saturated rings. The molecule has 1 amide bonds. The number of aromatic nitrogens is 1. The predicted molar refractivity (Wildman–Crippen MR) is 119 cm³/mol. The van der Waals surface area contributed by atoms with Crippen LogP contribution in [0.2, 0.25) is 0 Å². The number of benzene rings is 2. The molecule has 0 unspecified atom stereocenters. The fraction of sp³-hybridized carbons (Fsp3) is 0.269. The highest BCUT2D eigenvalue weighted by Gasteiger charge is 2.77. The highest BCUT2D eigenvalue weighted by molar-refractivity contribution is 5.82. The van der Waals surface area contributed by atoms with Crippen molar-refractivity contribution in [2.24, 2.45) is 5.92 Å². The number of nitrogens with zero attached hydrogens (tertiary/aromatic N) is 3. The number of fused-ring (bicyclic) bond motifs is 3.